The lowest BCUT2D eigenvalue weighted by Gasteiger charge is -2.10. The number of carbonyl (C=O) groups is 2. The molecule has 0 aliphatic rings. The Morgan fingerprint density at radius 3 is 2.46 bits per heavy atom. The van der Waals surface area contributed by atoms with Gasteiger partial charge < -0.3 is 24.5 Å². The van der Waals surface area contributed by atoms with Crippen LogP contribution in [0.2, 0.25) is 0 Å². The van der Waals surface area contributed by atoms with Gasteiger partial charge in [-0.15, -0.1) is 0 Å². The van der Waals surface area contributed by atoms with Gasteiger partial charge in [-0.1, -0.05) is 6.58 Å². The first-order chi connectivity index (χ1) is 16.7. The van der Waals surface area contributed by atoms with Gasteiger partial charge in [0.25, 0.3) is 0 Å². The number of aromatic nitrogens is 3. The molecule has 10 nitrogen and oxygen atoms in total. The Kier molecular flexibility index (Phi) is 6.19. The van der Waals surface area contributed by atoms with Crippen LogP contribution in [0.15, 0.2) is 47.5 Å². The summed E-state index contributed by atoms with van der Waals surface area (Å²) in [5.74, 6) is -4.33. The van der Waals surface area contributed by atoms with Gasteiger partial charge in [-0.2, -0.15) is 10.1 Å². The molecule has 0 bridgehead atoms. The van der Waals surface area contributed by atoms with Crippen molar-refractivity contribution >= 4 is 40.1 Å². The van der Waals surface area contributed by atoms with Crippen molar-refractivity contribution in [3.63, 3.8) is 0 Å². The molecule has 0 fully saturated rings. The van der Waals surface area contributed by atoms with Crippen LogP contribution in [0.3, 0.4) is 0 Å². The predicted molar refractivity (Wildman–Crippen MR) is 122 cm³/mol. The molecule has 0 radical (unpaired) electrons. The van der Waals surface area contributed by atoms with Crippen LogP contribution in [0.5, 0.6) is 11.5 Å². The molecule has 180 valence electrons. The molecule has 0 aliphatic heterocycles. The molecule has 4 aromatic rings. The summed E-state index contributed by atoms with van der Waals surface area (Å²) < 4.78 is 46.3. The van der Waals surface area contributed by atoms with Gasteiger partial charge in [0.2, 0.25) is 17.4 Å². The van der Waals surface area contributed by atoms with Crippen molar-refractivity contribution in [2.45, 2.75) is 0 Å². The van der Waals surface area contributed by atoms with Gasteiger partial charge in [0.1, 0.15) is 17.1 Å². The van der Waals surface area contributed by atoms with Gasteiger partial charge in [0, 0.05) is 18.5 Å². The Balaban J connectivity index is 1.68. The highest BCUT2D eigenvalue weighted by atomic mass is 19.1. The second-order valence-electron chi connectivity index (χ2n) is 7.20. The lowest BCUT2D eigenvalue weighted by molar-refractivity contribution is -0.111. The smallest absolute Gasteiger partial charge is 0.247 e. The van der Waals surface area contributed by atoms with E-state index in [-0.39, 0.29) is 28.8 Å². The van der Waals surface area contributed by atoms with Crippen LogP contribution in [0.1, 0.15) is 16.1 Å². The van der Waals surface area contributed by atoms with Gasteiger partial charge >= 0.3 is 0 Å². The van der Waals surface area contributed by atoms with E-state index in [9.17, 15) is 18.4 Å². The van der Waals surface area contributed by atoms with Crippen molar-refractivity contribution in [1.82, 2.24) is 14.8 Å². The summed E-state index contributed by atoms with van der Waals surface area (Å²) in [5, 5.41) is 10.2. The Hall–Kier alpha value is -4.74. The van der Waals surface area contributed by atoms with E-state index in [2.05, 4.69) is 27.3 Å². The average molecular weight is 483 g/mol. The number of anilines is 3. The minimum Gasteiger partial charge on any atom is -0.494 e. The first-order valence-electron chi connectivity index (χ1n) is 10.0. The molecular weight excluding hydrogens is 464 g/mol. The molecule has 2 N–H and O–H groups in total. The Labute approximate surface area is 197 Å². The number of halogens is 2. The van der Waals surface area contributed by atoms with Crippen molar-refractivity contribution in [2.75, 3.05) is 24.9 Å². The predicted octanol–water partition coefficient (Wildman–Crippen LogP) is 3.96. The number of ketones is 1. The molecule has 35 heavy (non-hydrogen) atoms. The number of nitrogens with zero attached hydrogens (tertiary/aromatic N) is 3. The van der Waals surface area contributed by atoms with Crippen LogP contribution in [0.4, 0.5) is 26.1 Å². The number of pyridine rings is 1. The standard InChI is InChI=1S/C23H19F2N5O5/c1-5-17(31)26-12-10-30(2)29-22(12)27-16-7-6-11-8-15(35-23(11)28-16)21(32)18-19(24)13(33-3)9-14(34-4)20(18)25/h5-10H,1H2,2-4H3,(H,26,31)(H,27,28,29). The quantitative estimate of drug-likeness (QED) is 0.286. The molecule has 12 heteroatoms. The fourth-order valence-corrected chi connectivity index (χ4v) is 3.28. The normalized spacial score (nSPS) is 10.8. The lowest BCUT2D eigenvalue weighted by atomic mass is 10.1. The summed E-state index contributed by atoms with van der Waals surface area (Å²) in [6, 6.07) is 5.49. The van der Waals surface area contributed by atoms with Gasteiger partial charge in [-0.05, 0) is 24.3 Å². The minimum atomic E-state index is -1.18. The summed E-state index contributed by atoms with van der Waals surface area (Å²) >= 11 is 0. The van der Waals surface area contributed by atoms with E-state index in [1.165, 1.54) is 25.0 Å². The number of hydrogen-bond acceptors (Lipinski definition) is 8. The monoisotopic (exact) mass is 483 g/mol. The number of ether oxygens (including phenoxy) is 2. The fraction of sp³-hybridized carbons (Fsp3) is 0.130. The SMILES string of the molecule is C=CC(=O)Nc1cn(C)nc1Nc1ccc2cc(C(=O)c3c(F)c(OC)cc(OC)c3F)oc2n1. The molecule has 0 aliphatic carbocycles. The van der Waals surface area contributed by atoms with Crippen LogP contribution in [-0.2, 0) is 11.8 Å². The van der Waals surface area contributed by atoms with Crippen LogP contribution in [-0.4, -0.2) is 40.7 Å². The molecule has 0 saturated heterocycles. The number of nitrogens with one attached hydrogen (secondary N) is 2. The highest BCUT2D eigenvalue weighted by Crippen LogP contribution is 2.34. The molecule has 0 spiro atoms. The third-order valence-corrected chi connectivity index (χ3v) is 4.93. The second-order valence-corrected chi connectivity index (χ2v) is 7.20. The highest BCUT2D eigenvalue weighted by molar-refractivity contribution is 6.09. The van der Waals surface area contributed by atoms with Crippen LogP contribution >= 0.6 is 0 Å². The average Bonchev–Trinajstić information content (AvgIpc) is 3.41. The van der Waals surface area contributed by atoms with E-state index in [1.807, 2.05) is 0 Å². The highest BCUT2D eigenvalue weighted by Gasteiger charge is 2.28. The summed E-state index contributed by atoms with van der Waals surface area (Å²) in [5.41, 5.74) is -0.469. The van der Waals surface area contributed by atoms with Crippen molar-refractivity contribution < 1.29 is 32.3 Å². The number of furan rings is 1. The van der Waals surface area contributed by atoms with Crippen molar-refractivity contribution in [2.24, 2.45) is 7.05 Å². The molecule has 3 heterocycles. The third-order valence-electron chi connectivity index (χ3n) is 4.93. The second kappa shape index (κ2) is 9.25. The maximum atomic E-state index is 14.8. The minimum absolute atomic E-state index is 0.0293. The molecule has 1 aromatic carbocycles. The first-order valence-corrected chi connectivity index (χ1v) is 10.0. The van der Waals surface area contributed by atoms with E-state index in [1.54, 1.807) is 25.4 Å². The van der Waals surface area contributed by atoms with Gasteiger partial charge in [-0.25, -0.2) is 8.78 Å². The van der Waals surface area contributed by atoms with Crippen molar-refractivity contribution in [3.05, 3.63) is 66.1 Å². The number of methoxy groups -OCH3 is 2. The van der Waals surface area contributed by atoms with Crippen LogP contribution < -0.4 is 20.1 Å². The zero-order valence-corrected chi connectivity index (χ0v) is 18.8. The number of benzene rings is 1. The Morgan fingerprint density at radius 1 is 1.14 bits per heavy atom. The van der Waals surface area contributed by atoms with E-state index < -0.39 is 28.9 Å². The molecule has 4 rings (SSSR count). The number of fused-ring (bicyclic) bond motifs is 1. The molecule has 3 aromatic heterocycles. The first kappa shape index (κ1) is 23.4. The van der Waals surface area contributed by atoms with E-state index >= 15 is 0 Å². The molecule has 1 amide bonds. The largest absolute Gasteiger partial charge is 0.494 e. The van der Waals surface area contributed by atoms with Crippen molar-refractivity contribution in [3.8, 4) is 11.5 Å². The maximum Gasteiger partial charge on any atom is 0.247 e. The Morgan fingerprint density at radius 2 is 1.83 bits per heavy atom. The van der Waals surface area contributed by atoms with Gasteiger partial charge in [0.05, 0.1) is 20.4 Å². The number of aryl methyl sites for hydroxylation is 1. The fourth-order valence-electron chi connectivity index (χ4n) is 3.28. The van der Waals surface area contributed by atoms with E-state index in [0.717, 1.165) is 12.1 Å². The number of rotatable bonds is 8. The summed E-state index contributed by atoms with van der Waals surface area (Å²) in [6.07, 6.45) is 2.70. The molecule has 0 atom stereocenters. The zero-order valence-electron chi connectivity index (χ0n) is 18.8. The molecular formula is C23H19F2N5O5. The van der Waals surface area contributed by atoms with Crippen LogP contribution in [0.25, 0.3) is 11.1 Å². The van der Waals surface area contributed by atoms with Crippen molar-refractivity contribution in [1.29, 1.82) is 0 Å². The Bertz CT molecular complexity index is 1450. The topological polar surface area (TPSA) is 121 Å². The number of amides is 1. The molecule has 0 saturated carbocycles. The van der Waals surface area contributed by atoms with E-state index in [4.69, 9.17) is 13.9 Å². The lowest BCUT2D eigenvalue weighted by Crippen LogP contribution is -2.09. The number of carbonyl (C=O) groups excluding carboxylic acids is 2. The number of hydrogen-bond donors (Lipinski definition) is 2. The zero-order chi connectivity index (χ0) is 25.3. The van der Waals surface area contributed by atoms with Gasteiger partial charge in [-0.3, -0.25) is 14.3 Å². The summed E-state index contributed by atoms with van der Waals surface area (Å²) in [7, 11) is 4.03. The van der Waals surface area contributed by atoms with E-state index in [0.29, 0.717) is 16.9 Å². The van der Waals surface area contributed by atoms with Crippen LogP contribution in [0, 0.1) is 11.6 Å². The summed E-state index contributed by atoms with van der Waals surface area (Å²) in [6.45, 7) is 3.41. The maximum absolute atomic E-state index is 14.8. The van der Waals surface area contributed by atoms with Gasteiger partial charge in [0.15, 0.2) is 34.7 Å². The third kappa shape index (κ3) is 4.40. The summed E-state index contributed by atoms with van der Waals surface area (Å²) in [4.78, 5) is 28.9. The molecule has 0 unspecified atom stereocenters.